The molecule has 0 bridgehead atoms. The maximum absolute atomic E-state index is 12.8. The Bertz CT molecular complexity index is 879. The second-order valence-corrected chi connectivity index (χ2v) is 8.84. The van der Waals surface area contributed by atoms with Crippen molar-refractivity contribution in [2.24, 2.45) is 0 Å². The van der Waals surface area contributed by atoms with Gasteiger partial charge in [0.25, 0.3) is 0 Å². The fraction of sp³-hybridized carbons (Fsp3) is 0.368. The molecule has 0 radical (unpaired) electrons. The molecule has 0 aliphatic carbocycles. The number of nitrogens with zero attached hydrogens (tertiary/aromatic N) is 1. The number of methoxy groups -OCH3 is 2. The number of ether oxygens (including phenoxy) is 2. The van der Waals surface area contributed by atoms with Gasteiger partial charge >= 0.3 is 0 Å². The number of benzene rings is 2. The van der Waals surface area contributed by atoms with Crippen molar-refractivity contribution in [1.82, 2.24) is 4.31 Å². The van der Waals surface area contributed by atoms with E-state index in [4.69, 9.17) is 21.1 Å². The molecule has 27 heavy (non-hydrogen) atoms. The van der Waals surface area contributed by atoms with E-state index in [1.165, 1.54) is 4.90 Å². The largest absolute Gasteiger partial charge is 0.497 e. The summed E-state index contributed by atoms with van der Waals surface area (Å²) in [4.78, 5) is 1.60. The highest BCUT2D eigenvalue weighted by Gasteiger charge is 2.30. The molecule has 2 aromatic rings. The van der Waals surface area contributed by atoms with E-state index in [1.807, 2.05) is 18.2 Å². The minimum absolute atomic E-state index is 0.284. The summed E-state index contributed by atoms with van der Waals surface area (Å²) >= 11 is 5.86. The van der Waals surface area contributed by atoms with Crippen molar-refractivity contribution in [1.29, 1.82) is 0 Å². The van der Waals surface area contributed by atoms with Gasteiger partial charge in [-0.2, -0.15) is 4.31 Å². The zero-order valence-electron chi connectivity index (χ0n) is 15.4. The number of hydrogen-bond donors (Lipinski definition) is 1. The standard InChI is InChI=1S/C19H23ClN2O4S/c1-25-17-6-3-15(19(13-17)26-2)14-21-9-11-22(12-10-21)27(23,24)18-7-4-16(20)5-8-18/h3-8,13H,9-12,14H2,1-2H3/p+1. The first-order chi connectivity index (χ1) is 12.9. The van der Waals surface area contributed by atoms with E-state index < -0.39 is 10.0 Å². The first-order valence-corrected chi connectivity index (χ1v) is 10.6. The highest BCUT2D eigenvalue weighted by molar-refractivity contribution is 7.89. The Morgan fingerprint density at radius 2 is 1.70 bits per heavy atom. The smallest absolute Gasteiger partial charge is 0.243 e. The first kappa shape index (κ1) is 19.9. The monoisotopic (exact) mass is 411 g/mol. The van der Waals surface area contributed by atoms with E-state index >= 15 is 0 Å². The highest BCUT2D eigenvalue weighted by Crippen LogP contribution is 2.24. The maximum atomic E-state index is 12.8. The van der Waals surface area contributed by atoms with Crippen molar-refractivity contribution in [3.63, 3.8) is 0 Å². The average Bonchev–Trinajstić information content (AvgIpc) is 2.69. The summed E-state index contributed by atoms with van der Waals surface area (Å²) < 4.78 is 37.8. The Morgan fingerprint density at radius 1 is 1.04 bits per heavy atom. The molecule has 146 valence electrons. The Morgan fingerprint density at radius 3 is 2.30 bits per heavy atom. The fourth-order valence-electron chi connectivity index (χ4n) is 3.24. The Kier molecular flexibility index (Phi) is 6.26. The van der Waals surface area contributed by atoms with Crippen molar-refractivity contribution in [3.8, 4) is 11.5 Å². The highest BCUT2D eigenvalue weighted by atomic mass is 35.5. The van der Waals surface area contributed by atoms with Crippen LogP contribution in [0.5, 0.6) is 11.5 Å². The van der Waals surface area contributed by atoms with Crippen LogP contribution in [-0.2, 0) is 16.6 Å². The molecule has 0 unspecified atom stereocenters. The molecule has 1 aliphatic heterocycles. The molecule has 0 atom stereocenters. The van der Waals surface area contributed by atoms with Crippen LogP contribution in [0.3, 0.4) is 0 Å². The van der Waals surface area contributed by atoms with E-state index in [0.29, 0.717) is 18.1 Å². The van der Waals surface area contributed by atoms with E-state index in [9.17, 15) is 8.42 Å². The Balaban J connectivity index is 1.64. The molecule has 1 N–H and O–H groups in total. The minimum atomic E-state index is -3.48. The summed E-state index contributed by atoms with van der Waals surface area (Å²) in [5.41, 5.74) is 1.09. The Labute approximate surface area is 165 Å². The van der Waals surface area contributed by atoms with E-state index in [0.717, 1.165) is 36.7 Å². The summed E-state index contributed by atoms with van der Waals surface area (Å²) in [6.45, 7) is 3.23. The van der Waals surface area contributed by atoms with Crippen LogP contribution < -0.4 is 14.4 Å². The van der Waals surface area contributed by atoms with Crippen molar-refractivity contribution in [2.45, 2.75) is 11.4 Å². The molecular formula is C19H24ClN2O4S+. The van der Waals surface area contributed by atoms with Gasteiger partial charge in [-0.3, -0.25) is 0 Å². The van der Waals surface area contributed by atoms with Gasteiger partial charge in [-0.1, -0.05) is 11.6 Å². The van der Waals surface area contributed by atoms with Crippen LogP contribution in [0, 0.1) is 0 Å². The van der Waals surface area contributed by atoms with Crippen molar-refractivity contribution < 1.29 is 22.8 Å². The molecule has 1 heterocycles. The molecule has 0 saturated carbocycles. The number of nitrogens with one attached hydrogen (secondary N) is 1. The molecule has 1 saturated heterocycles. The summed E-state index contributed by atoms with van der Waals surface area (Å²) in [7, 11) is -0.209. The lowest BCUT2D eigenvalue weighted by molar-refractivity contribution is -0.917. The minimum Gasteiger partial charge on any atom is -0.497 e. The van der Waals surface area contributed by atoms with Crippen LogP contribution in [0.25, 0.3) is 0 Å². The first-order valence-electron chi connectivity index (χ1n) is 8.74. The van der Waals surface area contributed by atoms with Crippen molar-refractivity contribution in [2.75, 3.05) is 40.4 Å². The van der Waals surface area contributed by atoms with Crippen LogP contribution in [0.4, 0.5) is 0 Å². The third-order valence-corrected chi connectivity index (χ3v) is 6.98. The third-order valence-electron chi connectivity index (χ3n) is 4.82. The second-order valence-electron chi connectivity index (χ2n) is 6.46. The van der Waals surface area contributed by atoms with Gasteiger partial charge in [-0.05, 0) is 36.4 Å². The van der Waals surface area contributed by atoms with Gasteiger partial charge in [0, 0.05) is 16.7 Å². The van der Waals surface area contributed by atoms with Crippen LogP contribution in [0.15, 0.2) is 47.4 Å². The number of sulfonamides is 1. The lowest BCUT2D eigenvalue weighted by atomic mass is 10.1. The number of rotatable bonds is 6. The van der Waals surface area contributed by atoms with Gasteiger partial charge in [-0.25, -0.2) is 8.42 Å². The molecule has 0 aromatic heterocycles. The number of halogens is 1. The van der Waals surface area contributed by atoms with Gasteiger partial charge in [-0.15, -0.1) is 0 Å². The molecule has 1 aliphatic rings. The second kappa shape index (κ2) is 8.48. The van der Waals surface area contributed by atoms with Crippen molar-refractivity contribution >= 4 is 21.6 Å². The summed E-state index contributed by atoms with van der Waals surface area (Å²) in [5.74, 6) is 1.54. The fourth-order valence-corrected chi connectivity index (χ4v) is 4.81. The zero-order valence-corrected chi connectivity index (χ0v) is 17.0. The molecule has 1 fully saturated rings. The van der Waals surface area contributed by atoms with E-state index in [-0.39, 0.29) is 4.90 Å². The zero-order chi connectivity index (χ0) is 19.4. The predicted molar refractivity (Wildman–Crippen MR) is 104 cm³/mol. The van der Waals surface area contributed by atoms with Crippen LogP contribution in [-0.4, -0.2) is 53.1 Å². The topological polar surface area (TPSA) is 60.3 Å². The predicted octanol–water partition coefficient (Wildman–Crippen LogP) is 1.45. The van der Waals surface area contributed by atoms with Gasteiger partial charge in [0.1, 0.15) is 18.0 Å². The number of quaternary nitrogens is 1. The summed E-state index contributed by atoms with van der Waals surface area (Å²) in [6.07, 6.45) is 0. The molecule has 2 aromatic carbocycles. The van der Waals surface area contributed by atoms with Gasteiger partial charge in [0.2, 0.25) is 10.0 Å². The molecular weight excluding hydrogens is 388 g/mol. The SMILES string of the molecule is COc1ccc(C[NH+]2CCN(S(=O)(=O)c3ccc(Cl)cc3)CC2)c(OC)c1. The quantitative estimate of drug-likeness (QED) is 0.781. The van der Waals surface area contributed by atoms with E-state index in [2.05, 4.69) is 0 Å². The normalized spacial score (nSPS) is 16.3. The van der Waals surface area contributed by atoms with Crippen LogP contribution >= 0.6 is 11.6 Å². The molecule has 3 rings (SSSR count). The third kappa shape index (κ3) is 4.55. The summed E-state index contributed by atoms with van der Waals surface area (Å²) in [5, 5.41) is 0.525. The summed E-state index contributed by atoms with van der Waals surface area (Å²) in [6, 6.07) is 12.1. The lowest BCUT2D eigenvalue weighted by Gasteiger charge is -2.31. The number of piperazine rings is 1. The maximum Gasteiger partial charge on any atom is 0.243 e. The average molecular weight is 412 g/mol. The molecule has 6 nitrogen and oxygen atoms in total. The molecule has 0 amide bonds. The lowest BCUT2D eigenvalue weighted by Crippen LogP contribution is -3.13. The van der Waals surface area contributed by atoms with Gasteiger partial charge in [0.05, 0.1) is 45.3 Å². The Hall–Kier alpha value is -1.80. The van der Waals surface area contributed by atoms with Gasteiger partial charge < -0.3 is 14.4 Å². The van der Waals surface area contributed by atoms with Crippen molar-refractivity contribution in [3.05, 3.63) is 53.1 Å². The van der Waals surface area contributed by atoms with Crippen LogP contribution in [0.1, 0.15) is 5.56 Å². The molecule has 0 spiro atoms. The van der Waals surface area contributed by atoms with E-state index in [1.54, 1.807) is 42.8 Å². The number of hydrogen-bond acceptors (Lipinski definition) is 4. The molecule has 8 heteroatoms. The van der Waals surface area contributed by atoms with Gasteiger partial charge in [0.15, 0.2) is 0 Å². The van der Waals surface area contributed by atoms with Crippen LogP contribution in [0.2, 0.25) is 5.02 Å².